The van der Waals surface area contributed by atoms with Gasteiger partial charge in [-0.05, 0) is 37.5 Å². The number of hydrogen-bond acceptors (Lipinski definition) is 15. The molecular weight excluding hydrogens is 1250 g/mol. The Kier molecular flexibility index (Phi) is 66.5. The number of aliphatic hydroxyl groups is 1. The van der Waals surface area contributed by atoms with Crippen LogP contribution in [-0.4, -0.2) is 96.7 Å². The van der Waals surface area contributed by atoms with Crippen LogP contribution in [0.1, 0.15) is 395 Å². The van der Waals surface area contributed by atoms with E-state index in [-0.39, 0.29) is 25.7 Å². The Morgan fingerprint density at radius 2 is 0.484 bits per heavy atom. The van der Waals surface area contributed by atoms with Crippen molar-refractivity contribution in [3.63, 3.8) is 0 Å². The fourth-order valence-corrected chi connectivity index (χ4v) is 13.2. The van der Waals surface area contributed by atoms with Crippen LogP contribution in [0.4, 0.5) is 0 Å². The highest BCUT2D eigenvalue weighted by atomic mass is 31.2. The summed E-state index contributed by atoms with van der Waals surface area (Å²) in [5.41, 5.74) is 0. The Labute approximate surface area is 581 Å². The molecule has 0 rings (SSSR count). The van der Waals surface area contributed by atoms with Crippen LogP contribution in [0.15, 0.2) is 0 Å². The van der Waals surface area contributed by atoms with Gasteiger partial charge < -0.3 is 33.8 Å². The van der Waals surface area contributed by atoms with Gasteiger partial charge in [0.25, 0.3) is 0 Å². The molecule has 5 atom stereocenters. The van der Waals surface area contributed by atoms with Crippen LogP contribution >= 0.6 is 15.6 Å². The second-order valence-corrected chi connectivity index (χ2v) is 31.3. The molecule has 0 aromatic rings. The summed E-state index contributed by atoms with van der Waals surface area (Å²) in [4.78, 5) is 72.8. The van der Waals surface area contributed by atoms with Crippen LogP contribution < -0.4 is 0 Å². The van der Waals surface area contributed by atoms with Crippen molar-refractivity contribution in [1.29, 1.82) is 0 Å². The molecule has 0 heterocycles. The first-order valence-electron chi connectivity index (χ1n) is 39.5. The Balaban J connectivity index is 5.24. The SMILES string of the molecule is CCCCCCCCCCCCCCCCCCC(=O)OC[C@H](COP(=O)(O)OC[C@@H](O)COP(=O)(O)OC[C@@H](COC(=O)CCCCCCCCCC(C)C)OC(=O)CCCCCCCCCCCCCC)OC(=O)CCCCCCCCCCCCCCCCC(C)C. The Hall–Kier alpha value is -1.94. The van der Waals surface area contributed by atoms with Crippen molar-refractivity contribution in [3.05, 3.63) is 0 Å². The van der Waals surface area contributed by atoms with Crippen LogP contribution in [0, 0.1) is 11.8 Å². The van der Waals surface area contributed by atoms with Crippen molar-refractivity contribution in [3.8, 4) is 0 Å². The average Bonchev–Trinajstić information content (AvgIpc) is 1.62. The predicted octanol–water partition coefficient (Wildman–Crippen LogP) is 22.3. The molecule has 0 saturated heterocycles. The van der Waals surface area contributed by atoms with Crippen LogP contribution in [0.2, 0.25) is 0 Å². The molecule has 19 heteroatoms. The number of hydrogen-bond donors (Lipinski definition) is 3. The second-order valence-electron chi connectivity index (χ2n) is 28.3. The maximum Gasteiger partial charge on any atom is 0.472 e. The summed E-state index contributed by atoms with van der Waals surface area (Å²) < 4.78 is 68.5. The van der Waals surface area contributed by atoms with E-state index in [1.807, 2.05) is 0 Å². The third-order valence-corrected chi connectivity index (χ3v) is 19.6. The minimum Gasteiger partial charge on any atom is -0.462 e. The lowest BCUT2D eigenvalue weighted by Gasteiger charge is -2.21. The molecule has 3 N–H and O–H groups in total. The molecule has 0 bridgehead atoms. The maximum atomic E-state index is 13.1. The van der Waals surface area contributed by atoms with Crippen LogP contribution in [0.25, 0.3) is 0 Å². The largest absolute Gasteiger partial charge is 0.472 e. The van der Waals surface area contributed by atoms with E-state index in [0.717, 1.165) is 102 Å². The number of esters is 4. The first kappa shape index (κ1) is 93.1. The minimum atomic E-state index is -4.96. The van der Waals surface area contributed by atoms with Gasteiger partial charge >= 0.3 is 39.5 Å². The molecule has 0 saturated carbocycles. The molecule has 0 aromatic carbocycles. The van der Waals surface area contributed by atoms with Gasteiger partial charge in [-0.1, -0.05) is 343 Å². The number of carbonyl (C=O) groups is 4. The number of rotatable bonds is 75. The average molecular weight is 1400 g/mol. The van der Waals surface area contributed by atoms with Gasteiger partial charge in [0.15, 0.2) is 12.2 Å². The fourth-order valence-electron chi connectivity index (χ4n) is 11.7. The molecule has 0 amide bonds. The monoisotopic (exact) mass is 1400 g/mol. The molecular formula is C76H148O17P2. The predicted molar refractivity (Wildman–Crippen MR) is 386 cm³/mol. The zero-order valence-corrected chi connectivity index (χ0v) is 63.8. The third-order valence-electron chi connectivity index (χ3n) is 17.7. The summed E-state index contributed by atoms with van der Waals surface area (Å²) in [7, 11) is -9.91. The Morgan fingerprint density at radius 1 is 0.284 bits per heavy atom. The van der Waals surface area contributed by atoms with Crippen molar-refractivity contribution in [2.24, 2.45) is 11.8 Å². The molecule has 0 radical (unpaired) electrons. The summed E-state index contributed by atoms with van der Waals surface area (Å²) in [5.74, 6) is -0.614. The normalized spacial score (nSPS) is 14.0. The standard InChI is InChI=1S/C76H148O17P2/c1-7-9-11-13-15-17-19-21-22-23-27-31-34-40-46-52-58-73(78)86-64-71(92-76(81)61-55-49-42-36-32-28-25-24-26-29-33-38-44-50-56-68(3)4)66-90-94(82,83)88-62-70(77)63-89-95(84,85)91-67-72(65-87-74(79)59-53-47-43-37-39-45-51-57-69(5)6)93-75(80)60-54-48-41-35-30-20-18-16-14-12-10-8-2/h68-72,77H,7-67H2,1-6H3,(H,82,83)(H,84,85)/t70-,71-,72-/m1/s1. The van der Waals surface area contributed by atoms with Crippen LogP contribution in [0.3, 0.4) is 0 Å². The van der Waals surface area contributed by atoms with Crippen molar-refractivity contribution in [2.45, 2.75) is 413 Å². The van der Waals surface area contributed by atoms with E-state index < -0.39 is 97.5 Å². The van der Waals surface area contributed by atoms with E-state index in [0.29, 0.717) is 31.6 Å². The zero-order chi connectivity index (χ0) is 70.0. The number of phosphoric acid groups is 2. The van der Waals surface area contributed by atoms with E-state index in [9.17, 15) is 43.2 Å². The Bertz CT molecular complexity index is 1840. The topological polar surface area (TPSA) is 237 Å². The van der Waals surface area contributed by atoms with E-state index in [1.165, 1.54) is 205 Å². The molecule has 564 valence electrons. The summed E-state index contributed by atoms with van der Waals surface area (Å²) in [6, 6.07) is 0. The smallest absolute Gasteiger partial charge is 0.462 e. The molecule has 0 aliphatic rings. The summed E-state index contributed by atoms with van der Waals surface area (Å²) >= 11 is 0. The highest BCUT2D eigenvalue weighted by Gasteiger charge is 2.30. The van der Waals surface area contributed by atoms with E-state index in [1.54, 1.807) is 0 Å². The van der Waals surface area contributed by atoms with E-state index >= 15 is 0 Å². The first-order chi connectivity index (χ1) is 45.9. The summed E-state index contributed by atoms with van der Waals surface area (Å²) in [5, 5.41) is 10.6. The molecule has 2 unspecified atom stereocenters. The van der Waals surface area contributed by atoms with Gasteiger partial charge in [0.1, 0.15) is 19.3 Å². The number of carbonyl (C=O) groups excluding carboxylic acids is 4. The number of phosphoric ester groups is 2. The highest BCUT2D eigenvalue weighted by molar-refractivity contribution is 7.47. The van der Waals surface area contributed by atoms with Gasteiger partial charge in [0, 0.05) is 25.7 Å². The molecule has 95 heavy (non-hydrogen) atoms. The molecule has 0 fully saturated rings. The van der Waals surface area contributed by atoms with Gasteiger partial charge in [-0.3, -0.25) is 37.3 Å². The summed E-state index contributed by atoms with van der Waals surface area (Å²) in [6.07, 6.45) is 55.5. The quantitative estimate of drug-likeness (QED) is 0.0222. The van der Waals surface area contributed by atoms with Crippen molar-refractivity contribution < 1.29 is 80.2 Å². The molecule has 0 aliphatic carbocycles. The fraction of sp³-hybridized carbons (Fsp3) is 0.947. The molecule has 0 spiro atoms. The number of aliphatic hydroxyl groups excluding tert-OH is 1. The van der Waals surface area contributed by atoms with Gasteiger partial charge in [0.2, 0.25) is 0 Å². The van der Waals surface area contributed by atoms with Crippen molar-refractivity contribution in [1.82, 2.24) is 0 Å². The minimum absolute atomic E-state index is 0.107. The number of unbranched alkanes of at least 4 members (excludes halogenated alkanes) is 45. The Morgan fingerprint density at radius 3 is 0.716 bits per heavy atom. The van der Waals surface area contributed by atoms with Gasteiger partial charge in [-0.15, -0.1) is 0 Å². The van der Waals surface area contributed by atoms with E-state index in [4.69, 9.17) is 37.0 Å². The lowest BCUT2D eigenvalue weighted by atomic mass is 10.0. The first-order valence-corrected chi connectivity index (χ1v) is 42.5. The highest BCUT2D eigenvalue weighted by Crippen LogP contribution is 2.45. The van der Waals surface area contributed by atoms with Crippen LogP contribution in [-0.2, 0) is 65.4 Å². The second kappa shape index (κ2) is 67.9. The summed E-state index contributed by atoms with van der Waals surface area (Å²) in [6.45, 7) is 9.57. The third kappa shape index (κ3) is 70.3. The zero-order valence-electron chi connectivity index (χ0n) is 62.0. The van der Waals surface area contributed by atoms with E-state index in [2.05, 4.69) is 41.5 Å². The van der Waals surface area contributed by atoms with Crippen LogP contribution in [0.5, 0.6) is 0 Å². The lowest BCUT2D eigenvalue weighted by molar-refractivity contribution is -0.161. The molecule has 17 nitrogen and oxygen atoms in total. The molecule has 0 aromatic heterocycles. The van der Waals surface area contributed by atoms with Crippen molar-refractivity contribution >= 4 is 39.5 Å². The maximum absolute atomic E-state index is 13.1. The van der Waals surface area contributed by atoms with Gasteiger partial charge in [0.05, 0.1) is 26.4 Å². The van der Waals surface area contributed by atoms with Gasteiger partial charge in [-0.2, -0.15) is 0 Å². The lowest BCUT2D eigenvalue weighted by Crippen LogP contribution is -2.30. The van der Waals surface area contributed by atoms with Crippen molar-refractivity contribution in [2.75, 3.05) is 39.6 Å². The molecule has 0 aliphatic heterocycles. The number of ether oxygens (including phenoxy) is 4. The van der Waals surface area contributed by atoms with Gasteiger partial charge in [-0.25, -0.2) is 9.13 Å².